The molecule has 1 aromatic carbocycles. The Labute approximate surface area is 111 Å². The predicted molar refractivity (Wildman–Crippen MR) is 71.1 cm³/mol. The van der Waals surface area contributed by atoms with Gasteiger partial charge in [0.05, 0.1) is 17.9 Å². The zero-order valence-electron chi connectivity index (χ0n) is 10.5. The smallest absolute Gasteiger partial charge is 0.242 e. The first kappa shape index (κ1) is 13.6. The van der Waals surface area contributed by atoms with Gasteiger partial charge in [0.15, 0.2) is 0 Å². The van der Waals surface area contributed by atoms with Crippen molar-refractivity contribution in [1.82, 2.24) is 9.88 Å². The Morgan fingerprint density at radius 1 is 1.26 bits per heavy atom. The monoisotopic (exact) mass is 281 g/mol. The molecular formula is C12H15N3O3S. The molecule has 0 saturated heterocycles. The molecule has 0 spiro atoms. The topological polar surface area (TPSA) is 84.2 Å². The highest BCUT2D eigenvalue weighted by atomic mass is 32.2. The molecule has 0 aliphatic carbocycles. The van der Waals surface area contributed by atoms with Crippen molar-refractivity contribution < 1.29 is 12.9 Å². The van der Waals surface area contributed by atoms with Crippen LogP contribution in [-0.2, 0) is 16.6 Å². The first-order valence-electron chi connectivity index (χ1n) is 5.85. The Morgan fingerprint density at radius 3 is 2.74 bits per heavy atom. The van der Waals surface area contributed by atoms with Gasteiger partial charge in [-0.1, -0.05) is 17.3 Å². The van der Waals surface area contributed by atoms with E-state index in [1.807, 2.05) is 6.92 Å². The van der Waals surface area contributed by atoms with Crippen LogP contribution in [0.15, 0.2) is 46.0 Å². The van der Waals surface area contributed by atoms with E-state index in [9.17, 15) is 8.42 Å². The maximum absolute atomic E-state index is 12.2. The molecule has 0 saturated carbocycles. The third-order valence-corrected chi connectivity index (χ3v) is 3.94. The number of sulfonamides is 1. The number of para-hydroxylation sites is 1. The lowest BCUT2D eigenvalue weighted by Gasteiger charge is -2.11. The van der Waals surface area contributed by atoms with Crippen molar-refractivity contribution in [3.8, 4) is 0 Å². The molecule has 2 rings (SSSR count). The van der Waals surface area contributed by atoms with Gasteiger partial charge in [0.2, 0.25) is 10.0 Å². The zero-order valence-corrected chi connectivity index (χ0v) is 11.3. The molecule has 6 nitrogen and oxygen atoms in total. The summed E-state index contributed by atoms with van der Waals surface area (Å²) in [7, 11) is -3.58. The van der Waals surface area contributed by atoms with Gasteiger partial charge in [0.25, 0.3) is 0 Å². The molecule has 2 N–H and O–H groups in total. The normalized spacial score (nSPS) is 11.4. The van der Waals surface area contributed by atoms with Crippen LogP contribution in [0.2, 0.25) is 0 Å². The van der Waals surface area contributed by atoms with Crippen molar-refractivity contribution in [2.45, 2.75) is 18.4 Å². The van der Waals surface area contributed by atoms with Crippen LogP contribution in [0.1, 0.15) is 12.6 Å². The van der Waals surface area contributed by atoms with E-state index in [0.29, 0.717) is 17.9 Å². The number of benzene rings is 1. The van der Waals surface area contributed by atoms with Crippen molar-refractivity contribution >= 4 is 15.7 Å². The summed E-state index contributed by atoms with van der Waals surface area (Å²) in [5.41, 5.74) is 1.11. The Kier molecular flexibility index (Phi) is 4.18. The number of nitrogens with one attached hydrogen (secondary N) is 2. The second-order valence-corrected chi connectivity index (χ2v) is 5.58. The minimum atomic E-state index is -3.58. The molecule has 2 aromatic rings. The second kappa shape index (κ2) is 5.85. The van der Waals surface area contributed by atoms with E-state index in [4.69, 9.17) is 0 Å². The SMILES string of the molecule is CCNc1ccccc1S(=O)(=O)NCc1ccon1. The van der Waals surface area contributed by atoms with Gasteiger partial charge in [0.1, 0.15) is 11.2 Å². The van der Waals surface area contributed by atoms with Crippen LogP contribution in [0.3, 0.4) is 0 Å². The van der Waals surface area contributed by atoms with E-state index in [1.54, 1.807) is 30.3 Å². The van der Waals surface area contributed by atoms with Crippen LogP contribution in [0.5, 0.6) is 0 Å². The minimum absolute atomic E-state index is 0.0965. The largest absolute Gasteiger partial charge is 0.384 e. The maximum atomic E-state index is 12.2. The fraction of sp³-hybridized carbons (Fsp3) is 0.250. The van der Waals surface area contributed by atoms with Crippen molar-refractivity contribution in [1.29, 1.82) is 0 Å². The Hall–Kier alpha value is -1.86. The highest BCUT2D eigenvalue weighted by Crippen LogP contribution is 2.20. The van der Waals surface area contributed by atoms with Gasteiger partial charge in [-0.3, -0.25) is 0 Å². The van der Waals surface area contributed by atoms with Crippen LogP contribution in [0, 0.1) is 0 Å². The molecule has 0 aliphatic rings. The molecule has 0 atom stereocenters. The van der Waals surface area contributed by atoms with E-state index in [2.05, 4.69) is 19.7 Å². The average molecular weight is 281 g/mol. The Morgan fingerprint density at radius 2 is 2.05 bits per heavy atom. The molecule has 1 aromatic heterocycles. The van der Waals surface area contributed by atoms with E-state index >= 15 is 0 Å². The number of rotatable bonds is 6. The third-order valence-electron chi connectivity index (χ3n) is 2.48. The zero-order chi connectivity index (χ0) is 13.7. The number of aromatic nitrogens is 1. The average Bonchev–Trinajstić information content (AvgIpc) is 2.91. The van der Waals surface area contributed by atoms with Crippen LogP contribution >= 0.6 is 0 Å². The summed E-state index contributed by atoms with van der Waals surface area (Å²) in [5, 5.41) is 6.68. The van der Waals surface area contributed by atoms with Crippen LogP contribution in [0.25, 0.3) is 0 Å². The third kappa shape index (κ3) is 3.33. The first-order chi connectivity index (χ1) is 9.13. The molecule has 1 heterocycles. The molecule has 0 bridgehead atoms. The van der Waals surface area contributed by atoms with Gasteiger partial charge in [-0.05, 0) is 19.1 Å². The lowest BCUT2D eigenvalue weighted by atomic mass is 10.3. The van der Waals surface area contributed by atoms with Gasteiger partial charge < -0.3 is 9.84 Å². The minimum Gasteiger partial charge on any atom is -0.384 e. The van der Waals surface area contributed by atoms with Crippen molar-refractivity contribution in [3.63, 3.8) is 0 Å². The predicted octanol–water partition coefficient (Wildman–Crippen LogP) is 1.58. The molecule has 0 amide bonds. The fourth-order valence-electron chi connectivity index (χ4n) is 1.61. The molecule has 0 aliphatic heterocycles. The van der Waals surface area contributed by atoms with Crippen molar-refractivity contribution in [2.75, 3.05) is 11.9 Å². The van der Waals surface area contributed by atoms with E-state index in [1.165, 1.54) is 6.26 Å². The van der Waals surface area contributed by atoms with Crippen molar-refractivity contribution in [2.24, 2.45) is 0 Å². The molecule has 19 heavy (non-hydrogen) atoms. The summed E-state index contributed by atoms with van der Waals surface area (Å²) in [6.45, 7) is 2.65. The summed E-state index contributed by atoms with van der Waals surface area (Å²) < 4.78 is 31.6. The first-order valence-corrected chi connectivity index (χ1v) is 7.33. The van der Waals surface area contributed by atoms with Crippen LogP contribution in [-0.4, -0.2) is 20.1 Å². The van der Waals surface area contributed by atoms with Gasteiger partial charge in [-0.2, -0.15) is 0 Å². The van der Waals surface area contributed by atoms with Gasteiger partial charge >= 0.3 is 0 Å². The molecule has 0 unspecified atom stereocenters. The van der Waals surface area contributed by atoms with Gasteiger partial charge in [0, 0.05) is 12.6 Å². The fourth-order valence-corrected chi connectivity index (χ4v) is 2.79. The quantitative estimate of drug-likeness (QED) is 0.840. The molecule has 7 heteroatoms. The number of anilines is 1. The highest BCUT2D eigenvalue weighted by Gasteiger charge is 2.17. The van der Waals surface area contributed by atoms with Crippen molar-refractivity contribution in [3.05, 3.63) is 42.3 Å². The lowest BCUT2D eigenvalue weighted by Crippen LogP contribution is -2.24. The van der Waals surface area contributed by atoms with Crippen LogP contribution < -0.4 is 10.0 Å². The van der Waals surface area contributed by atoms with Gasteiger partial charge in [-0.25, -0.2) is 13.1 Å². The summed E-state index contributed by atoms with van der Waals surface area (Å²) in [4.78, 5) is 0.223. The molecular weight excluding hydrogens is 266 g/mol. The Balaban J connectivity index is 2.19. The summed E-state index contributed by atoms with van der Waals surface area (Å²) in [6.07, 6.45) is 1.40. The van der Waals surface area contributed by atoms with Gasteiger partial charge in [-0.15, -0.1) is 0 Å². The highest BCUT2D eigenvalue weighted by molar-refractivity contribution is 7.89. The lowest BCUT2D eigenvalue weighted by molar-refractivity contribution is 0.411. The van der Waals surface area contributed by atoms with E-state index in [0.717, 1.165) is 0 Å². The summed E-state index contributed by atoms with van der Waals surface area (Å²) in [5.74, 6) is 0. The van der Waals surface area contributed by atoms with Crippen LogP contribution in [0.4, 0.5) is 5.69 Å². The molecule has 0 fully saturated rings. The summed E-state index contributed by atoms with van der Waals surface area (Å²) in [6, 6.07) is 8.37. The molecule has 102 valence electrons. The van der Waals surface area contributed by atoms with E-state index in [-0.39, 0.29) is 11.4 Å². The molecule has 0 radical (unpaired) electrons. The Bertz CT molecular complexity index is 623. The second-order valence-electron chi connectivity index (χ2n) is 3.84. The number of nitrogens with zero attached hydrogens (tertiary/aromatic N) is 1. The maximum Gasteiger partial charge on any atom is 0.242 e. The number of hydrogen-bond acceptors (Lipinski definition) is 5. The number of hydrogen-bond donors (Lipinski definition) is 2. The summed E-state index contributed by atoms with van der Waals surface area (Å²) >= 11 is 0. The standard InChI is InChI=1S/C12H15N3O3S/c1-2-13-11-5-3-4-6-12(11)19(16,17)14-9-10-7-8-18-15-10/h3-8,13-14H,2,9H2,1H3. The van der Waals surface area contributed by atoms with E-state index < -0.39 is 10.0 Å².